The molecule has 25 heavy (non-hydrogen) atoms. The van der Waals surface area contributed by atoms with Crippen molar-refractivity contribution in [3.63, 3.8) is 0 Å². The normalized spacial score (nSPS) is 18.9. The first-order valence-electron chi connectivity index (χ1n) is 9.66. The Bertz CT molecular complexity index is 810. The van der Waals surface area contributed by atoms with E-state index in [1.807, 2.05) is 12.1 Å². The molecule has 4 rings (SSSR count). The maximum atomic E-state index is 12.0. The van der Waals surface area contributed by atoms with Crippen molar-refractivity contribution in [2.24, 2.45) is 5.92 Å². The molecule has 2 aromatic carbocycles. The van der Waals surface area contributed by atoms with Crippen LogP contribution in [0.3, 0.4) is 0 Å². The number of rotatable bonds is 6. The summed E-state index contributed by atoms with van der Waals surface area (Å²) < 4.78 is 0. The summed E-state index contributed by atoms with van der Waals surface area (Å²) in [5.74, 6) is 1.27. The van der Waals surface area contributed by atoms with Crippen molar-refractivity contribution >= 4 is 17.1 Å². The minimum absolute atomic E-state index is 0.384. The average molecular weight is 338 g/mol. The van der Waals surface area contributed by atoms with Crippen LogP contribution < -0.4 is 21.5 Å². The van der Waals surface area contributed by atoms with Gasteiger partial charge in [0.05, 0.1) is 0 Å². The summed E-state index contributed by atoms with van der Waals surface area (Å²) >= 11 is 0. The number of hydrogen-bond donors (Lipinski definition) is 2. The minimum atomic E-state index is -0.404. The van der Waals surface area contributed by atoms with Crippen LogP contribution in [-0.4, -0.2) is 6.54 Å². The van der Waals surface area contributed by atoms with Crippen molar-refractivity contribution in [3.8, 4) is 0 Å². The summed E-state index contributed by atoms with van der Waals surface area (Å²) in [7, 11) is 0. The van der Waals surface area contributed by atoms with E-state index in [2.05, 4.69) is 22.8 Å². The number of anilines is 3. The van der Waals surface area contributed by atoms with Gasteiger partial charge in [0.25, 0.3) is 10.9 Å². The molecule has 0 bridgehead atoms. The molecule has 2 aliphatic rings. The number of benzene rings is 1. The molecule has 2 saturated carbocycles. The Hall–Kier alpha value is -2.10. The lowest BCUT2D eigenvalue weighted by molar-refractivity contribution is 0.333. The Balaban J connectivity index is 1.47. The summed E-state index contributed by atoms with van der Waals surface area (Å²) in [5, 5.41) is 6.39. The largest absolute Gasteiger partial charge is 0.380 e. The highest BCUT2D eigenvalue weighted by molar-refractivity contribution is 5.78. The van der Waals surface area contributed by atoms with Gasteiger partial charge >= 0.3 is 0 Å². The maximum Gasteiger partial charge on any atom is 0.253 e. The molecule has 0 aromatic heterocycles. The van der Waals surface area contributed by atoms with Crippen LogP contribution in [0.5, 0.6) is 0 Å². The first kappa shape index (κ1) is 16.4. The molecule has 2 fully saturated rings. The molecule has 0 aliphatic heterocycles. The number of nitrogens with one attached hydrogen (secondary N) is 2. The summed E-state index contributed by atoms with van der Waals surface area (Å²) in [6.45, 7) is 0.793. The van der Waals surface area contributed by atoms with Crippen molar-refractivity contribution in [3.05, 3.63) is 50.3 Å². The highest BCUT2D eigenvalue weighted by Gasteiger charge is 2.24. The summed E-state index contributed by atoms with van der Waals surface area (Å²) in [4.78, 5) is 23.9. The van der Waals surface area contributed by atoms with Gasteiger partial charge in [0, 0.05) is 12.2 Å². The van der Waals surface area contributed by atoms with Crippen molar-refractivity contribution in [2.45, 2.75) is 57.3 Å². The molecule has 2 N–H and O–H groups in total. The summed E-state index contributed by atoms with van der Waals surface area (Å²) in [6.07, 6.45) is 10.1. The first-order chi connectivity index (χ1) is 12.2. The molecule has 2 aromatic rings. The molecule has 4 nitrogen and oxygen atoms in total. The fourth-order valence-electron chi connectivity index (χ4n) is 4.07. The summed E-state index contributed by atoms with van der Waals surface area (Å²) in [5.41, 5.74) is 2.36. The fourth-order valence-corrected chi connectivity index (χ4v) is 4.07. The monoisotopic (exact) mass is 338 g/mol. The van der Waals surface area contributed by atoms with Gasteiger partial charge in [0.15, 0.2) is 0 Å². The Morgan fingerprint density at radius 1 is 0.880 bits per heavy atom. The van der Waals surface area contributed by atoms with Crippen LogP contribution in [0.15, 0.2) is 33.9 Å². The van der Waals surface area contributed by atoms with Gasteiger partial charge in [0.2, 0.25) is 0 Å². The topological polar surface area (TPSA) is 58.2 Å². The van der Waals surface area contributed by atoms with Crippen LogP contribution in [0.25, 0.3) is 0 Å². The fraction of sp³-hybridized carbons (Fsp3) is 0.524. The predicted molar refractivity (Wildman–Crippen MR) is 103 cm³/mol. The van der Waals surface area contributed by atoms with Crippen LogP contribution in [0.2, 0.25) is 0 Å². The van der Waals surface area contributed by atoms with Crippen LogP contribution in [0.1, 0.15) is 62.8 Å². The molecule has 0 unspecified atom stereocenters. The lowest BCUT2D eigenvalue weighted by Crippen LogP contribution is -2.38. The van der Waals surface area contributed by atoms with Gasteiger partial charge in [-0.05, 0) is 55.2 Å². The van der Waals surface area contributed by atoms with Crippen LogP contribution in [-0.2, 0) is 0 Å². The van der Waals surface area contributed by atoms with E-state index in [4.69, 9.17) is 0 Å². The quantitative estimate of drug-likeness (QED) is 0.772. The van der Waals surface area contributed by atoms with Gasteiger partial charge in [-0.2, -0.15) is 0 Å². The average Bonchev–Trinajstić information content (AvgIpc) is 2.63. The zero-order chi connectivity index (χ0) is 17.2. The zero-order valence-corrected chi connectivity index (χ0v) is 14.6. The van der Waals surface area contributed by atoms with Crippen LogP contribution in [0, 0.1) is 5.92 Å². The lowest BCUT2D eigenvalue weighted by Gasteiger charge is -2.26. The van der Waals surface area contributed by atoms with Crippen LogP contribution >= 0.6 is 0 Å². The van der Waals surface area contributed by atoms with Gasteiger partial charge in [-0.25, -0.2) is 0 Å². The SMILES string of the molecule is O=c1c(NCC2CCC2)c(Nc2cccc(C3CCCCC3)c2)c1=O. The van der Waals surface area contributed by atoms with Crippen molar-refractivity contribution in [2.75, 3.05) is 17.2 Å². The highest BCUT2D eigenvalue weighted by Crippen LogP contribution is 2.34. The van der Waals surface area contributed by atoms with Crippen molar-refractivity contribution in [1.82, 2.24) is 0 Å². The van der Waals surface area contributed by atoms with Gasteiger partial charge < -0.3 is 10.6 Å². The summed E-state index contributed by atoms with van der Waals surface area (Å²) in [6, 6.07) is 8.33. The lowest BCUT2D eigenvalue weighted by atomic mass is 9.84. The van der Waals surface area contributed by atoms with E-state index in [0.717, 1.165) is 12.2 Å². The smallest absolute Gasteiger partial charge is 0.253 e. The maximum absolute atomic E-state index is 12.0. The second-order valence-corrected chi connectivity index (χ2v) is 7.67. The molecule has 0 amide bonds. The standard InChI is InChI=1S/C21H26N2O2/c24-20-18(22-13-14-6-4-7-14)19(21(20)25)23-17-11-5-10-16(12-17)15-8-2-1-3-9-15/h5,10-12,14-15,22-23H,1-4,6-9,13H2. The van der Waals surface area contributed by atoms with Gasteiger partial charge in [-0.1, -0.05) is 37.8 Å². The first-order valence-corrected chi connectivity index (χ1v) is 9.66. The molecule has 0 radical (unpaired) electrons. The Labute approximate surface area is 148 Å². The van der Waals surface area contributed by atoms with Gasteiger partial charge in [-0.3, -0.25) is 9.59 Å². The van der Waals surface area contributed by atoms with E-state index < -0.39 is 5.43 Å². The molecule has 0 heterocycles. The molecule has 2 aliphatic carbocycles. The molecule has 0 atom stereocenters. The molecule has 132 valence electrons. The third kappa shape index (κ3) is 3.35. The highest BCUT2D eigenvalue weighted by atomic mass is 16.2. The van der Waals surface area contributed by atoms with E-state index in [1.165, 1.54) is 56.9 Å². The zero-order valence-electron chi connectivity index (χ0n) is 14.6. The number of hydrogen-bond acceptors (Lipinski definition) is 4. The van der Waals surface area contributed by atoms with E-state index in [9.17, 15) is 9.59 Å². The Kier molecular flexibility index (Phi) is 4.60. The van der Waals surface area contributed by atoms with Crippen molar-refractivity contribution < 1.29 is 0 Å². The van der Waals surface area contributed by atoms with Gasteiger partial charge in [-0.15, -0.1) is 0 Å². The van der Waals surface area contributed by atoms with Crippen molar-refractivity contribution in [1.29, 1.82) is 0 Å². The molecule has 0 saturated heterocycles. The minimum Gasteiger partial charge on any atom is -0.380 e. The third-order valence-electron chi connectivity index (χ3n) is 5.94. The van der Waals surface area contributed by atoms with E-state index >= 15 is 0 Å². The van der Waals surface area contributed by atoms with Gasteiger partial charge in [0.1, 0.15) is 11.4 Å². The molecule has 4 heteroatoms. The Morgan fingerprint density at radius 2 is 1.64 bits per heavy atom. The second-order valence-electron chi connectivity index (χ2n) is 7.67. The molecule has 0 spiro atoms. The van der Waals surface area contributed by atoms with Crippen LogP contribution in [0.4, 0.5) is 17.1 Å². The van der Waals surface area contributed by atoms with E-state index in [0.29, 0.717) is 23.2 Å². The van der Waals surface area contributed by atoms with E-state index in [1.54, 1.807) is 0 Å². The third-order valence-corrected chi connectivity index (χ3v) is 5.94. The Morgan fingerprint density at radius 3 is 2.36 bits per heavy atom. The molecular weight excluding hydrogens is 312 g/mol. The van der Waals surface area contributed by atoms with E-state index in [-0.39, 0.29) is 5.43 Å². The second kappa shape index (κ2) is 7.03. The molecular formula is C21H26N2O2. The predicted octanol–water partition coefficient (Wildman–Crippen LogP) is 4.29.